The quantitative estimate of drug-likeness (QED) is 0.586. The number of carbonyl (C=O) groups is 1. The van der Waals surface area contributed by atoms with Gasteiger partial charge in [0.05, 0.1) is 11.7 Å². The molecule has 0 aliphatic carbocycles. The third-order valence-corrected chi connectivity index (χ3v) is 6.21. The van der Waals surface area contributed by atoms with E-state index in [0.29, 0.717) is 18.3 Å². The molecule has 0 saturated carbocycles. The topological polar surface area (TPSA) is 76.8 Å². The molecule has 1 atom stereocenters. The molecule has 1 unspecified atom stereocenters. The van der Waals surface area contributed by atoms with Crippen molar-refractivity contribution in [3.63, 3.8) is 0 Å². The maximum absolute atomic E-state index is 11.3. The summed E-state index contributed by atoms with van der Waals surface area (Å²) in [6.07, 6.45) is 8.12. The number of hydrogen-bond acceptors (Lipinski definition) is 5. The molecule has 1 N–H and O–H groups in total. The average Bonchev–Trinajstić information content (AvgIpc) is 3.19. The molecule has 3 heterocycles. The Kier molecular flexibility index (Phi) is 6.53. The average molecular weight is 424 g/mol. The minimum Gasteiger partial charge on any atom is -0.491 e. The van der Waals surface area contributed by atoms with Crippen molar-refractivity contribution in [2.45, 2.75) is 31.9 Å². The Bertz CT molecular complexity index is 1040. The molecule has 7 nitrogen and oxygen atoms in total. The van der Waals surface area contributed by atoms with Crippen molar-refractivity contribution in [1.82, 2.24) is 14.5 Å². The summed E-state index contributed by atoms with van der Waals surface area (Å²) in [7, 11) is 1.72. The van der Waals surface area contributed by atoms with Crippen LogP contribution >= 0.6 is 0 Å². The van der Waals surface area contributed by atoms with Crippen LogP contribution in [0.5, 0.6) is 5.75 Å². The second kappa shape index (κ2) is 9.49. The molecule has 1 aromatic carbocycles. The van der Waals surface area contributed by atoms with Gasteiger partial charge in [-0.25, -0.2) is 4.79 Å². The van der Waals surface area contributed by atoms with Crippen LogP contribution in [0.4, 0.5) is 0 Å². The first-order valence-corrected chi connectivity index (χ1v) is 10.7. The summed E-state index contributed by atoms with van der Waals surface area (Å²) in [4.78, 5) is 18.0. The fourth-order valence-corrected chi connectivity index (χ4v) is 4.39. The number of carboxylic acid groups (broad SMARTS) is 1. The first-order chi connectivity index (χ1) is 15.1. The lowest BCUT2D eigenvalue weighted by Crippen LogP contribution is -2.35. The lowest BCUT2D eigenvalue weighted by atomic mass is 9.89. The minimum atomic E-state index is -0.964. The van der Waals surface area contributed by atoms with Gasteiger partial charge in [-0.3, -0.25) is 9.88 Å². The molecular formula is C24H29N3O4. The van der Waals surface area contributed by atoms with E-state index in [0.717, 1.165) is 38.0 Å². The van der Waals surface area contributed by atoms with E-state index in [1.165, 1.54) is 10.9 Å². The zero-order valence-electron chi connectivity index (χ0n) is 18.0. The molecule has 0 radical (unpaired) electrons. The fraction of sp³-hybridized carbons (Fsp3) is 0.417. The maximum Gasteiger partial charge on any atom is 0.339 e. The predicted octanol–water partition coefficient (Wildman–Crippen LogP) is 4.16. The smallest absolute Gasteiger partial charge is 0.339 e. The number of piperidine rings is 1. The predicted molar refractivity (Wildman–Crippen MR) is 119 cm³/mol. The highest BCUT2D eigenvalue weighted by Gasteiger charge is 2.24. The number of fused-ring (bicyclic) bond motifs is 1. The first-order valence-electron chi connectivity index (χ1n) is 10.7. The summed E-state index contributed by atoms with van der Waals surface area (Å²) in [5, 5.41) is 10.5. The number of rotatable bonds is 8. The van der Waals surface area contributed by atoms with Crippen molar-refractivity contribution in [3.05, 3.63) is 60.0 Å². The van der Waals surface area contributed by atoms with Gasteiger partial charge in [-0.05, 0) is 62.5 Å². The number of ether oxygens (including phenoxy) is 2. The monoisotopic (exact) mass is 423 g/mol. The highest BCUT2D eigenvalue weighted by molar-refractivity contribution is 5.90. The van der Waals surface area contributed by atoms with Crippen molar-refractivity contribution in [1.29, 1.82) is 0 Å². The van der Waals surface area contributed by atoms with E-state index >= 15 is 0 Å². The Morgan fingerprint density at radius 3 is 2.77 bits per heavy atom. The molecule has 2 aromatic heterocycles. The molecule has 0 spiro atoms. The number of benzene rings is 1. The van der Waals surface area contributed by atoms with E-state index in [9.17, 15) is 9.90 Å². The minimum absolute atomic E-state index is 0.0358. The van der Waals surface area contributed by atoms with Crippen LogP contribution in [0.3, 0.4) is 0 Å². The standard InChI is InChI=1S/C24H29N3O4/c1-17(30-2)27-16-21(19-7-10-25-15-22(19)27)18-8-11-26(12-9-18)13-14-31-23-6-4-3-5-20(23)24(28)29/h3-7,10,15-18H,8-9,11-14H2,1-2H3,(H,28,29). The van der Waals surface area contributed by atoms with Crippen molar-refractivity contribution in [2.24, 2.45) is 0 Å². The number of aromatic nitrogens is 2. The molecular weight excluding hydrogens is 394 g/mol. The summed E-state index contributed by atoms with van der Waals surface area (Å²) in [5.74, 6) is -0.0350. The molecule has 3 aromatic rings. The Morgan fingerprint density at radius 2 is 2.03 bits per heavy atom. The number of carboxylic acids is 1. The summed E-state index contributed by atoms with van der Waals surface area (Å²) in [6.45, 7) is 5.29. The van der Waals surface area contributed by atoms with E-state index in [4.69, 9.17) is 9.47 Å². The van der Waals surface area contributed by atoms with Gasteiger partial charge in [0.1, 0.15) is 24.1 Å². The number of pyridine rings is 1. The third kappa shape index (κ3) is 4.57. The second-order valence-corrected chi connectivity index (χ2v) is 7.99. The molecule has 4 rings (SSSR count). The van der Waals surface area contributed by atoms with E-state index in [1.54, 1.807) is 31.4 Å². The normalized spacial score (nSPS) is 16.5. The van der Waals surface area contributed by atoms with E-state index < -0.39 is 5.97 Å². The van der Waals surface area contributed by atoms with Crippen LogP contribution in [-0.2, 0) is 4.74 Å². The second-order valence-electron chi connectivity index (χ2n) is 7.99. The molecule has 164 valence electrons. The van der Waals surface area contributed by atoms with E-state index in [-0.39, 0.29) is 11.8 Å². The summed E-state index contributed by atoms with van der Waals surface area (Å²) in [5.41, 5.74) is 2.68. The van der Waals surface area contributed by atoms with Gasteiger partial charge in [0.2, 0.25) is 0 Å². The zero-order chi connectivity index (χ0) is 21.8. The summed E-state index contributed by atoms with van der Waals surface area (Å²) < 4.78 is 13.5. The number of aromatic carboxylic acids is 1. The molecule has 1 aliphatic heterocycles. The lowest BCUT2D eigenvalue weighted by Gasteiger charge is -2.31. The van der Waals surface area contributed by atoms with Gasteiger partial charge >= 0.3 is 5.97 Å². The van der Waals surface area contributed by atoms with Crippen molar-refractivity contribution in [2.75, 3.05) is 33.4 Å². The van der Waals surface area contributed by atoms with Crippen molar-refractivity contribution in [3.8, 4) is 5.75 Å². The highest BCUT2D eigenvalue weighted by Crippen LogP contribution is 2.35. The van der Waals surface area contributed by atoms with E-state index in [2.05, 4.69) is 26.7 Å². The largest absolute Gasteiger partial charge is 0.491 e. The van der Waals surface area contributed by atoms with Gasteiger partial charge in [-0.15, -0.1) is 0 Å². The maximum atomic E-state index is 11.3. The number of para-hydroxylation sites is 1. The summed E-state index contributed by atoms with van der Waals surface area (Å²) in [6, 6.07) is 8.88. The van der Waals surface area contributed by atoms with Gasteiger partial charge in [-0.2, -0.15) is 0 Å². The Labute approximate surface area is 182 Å². The van der Waals surface area contributed by atoms with Crippen LogP contribution in [0.1, 0.15) is 47.8 Å². The Hall–Kier alpha value is -2.90. The molecule has 1 saturated heterocycles. The number of hydrogen-bond donors (Lipinski definition) is 1. The molecule has 1 fully saturated rings. The SMILES string of the molecule is COC(C)n1cc(C2CCN(CCOc3ccccc3C(=O)O)CC2)c2ccncc21. The third-order valence-electron chi connectivity index (χ3n) is 6.21. The Morgan fingerprint density at radius 1 is 1.26 bits per heavy atom. The summed E-state index contributed by atoms with van der Waals surface area (Å²) >= 11 is 0. The highest BCUT2D eigenvalue weighted by atomic mass is 16.5. The van der Waals surface area contributed by atoms with Crippen LogP contribution in [0, 0.1) is 0 Å². The zero-order valence-corrected chi connectivity index (χ0v) is 18.0. The van der Waals surface area contributed by atoms with E-state index in [1.807, 2.05) is 19.3 Å². The van der Waals surface area contributed by atoms with Gasteiger partial charge in [0, 0.05) is 31.4 Å². The molecule has 0 amide bonds. The Balaban J connectivity index is 1.36. The molecule has 1 aliphatic rings. The fourth-order valence-electron chi connectivity index (χ4n) is 4.39. The van der Waals surface area contributed by atoms with Crippen LogP contribution in [0.25, 0.3) is 10.9 Å². The molecule has 31 heavy (non-hydrogen) atoms. The lowest BCUT2D eigenvalue weighted by molar-refractivity contribution is 0.0639. The molecule has 7 heteroatoms. The van der Waals surface area contributed by atoms with Gasteiger partial charge < -0.3 is 19.1 Å². The van der Waals surface area contributed by atoms with Crippen LogP contribution in [0.15, 0.2) is 48.9 Å². The van der Waals surface area contributed by atoms with Crippen molar-refractivity contribution >= 4 is 16.9 Å². The van der Waals surface area contributed by atoms with Crippen molar-refractivity contribution < 1.29 is 19.4 Å². The van der Waals surface area contributed by atoms with Gasteiger partial charge in [0.15, 0.2) is 0 Å². The number of likely N-dealkylation sites (tertiary alicyclic amines) is 1. The first kappa shape index (κ1) is 21.3. The number of nitrogens with zero attached hydrogens (tertiary/aromatic N) is 3. The van der Waals surface area contributed by atoms with Crippen LogP contribution in [0.2, 0.25) is 0 Å². The van der Waals surface area contributed by atoms with Crippen LogP contribution < -0.4 is 4.74 Å². The van der Waals surface area contributed by atoms with Gasteiger partial charge in [0.25, 0.3) is 0 Å². The van der Waals surface area contributed by atoms with Crippen LogP contribution in [-0.4, -0.2) is 58.9 Å². The van der Waals surface area contributed by atoms with Gasteiger partial charge in [-0.1, -0.05) is 12.1 Å². The number of methoxy groups -OCH3 is 1. The molecule has 0 bridgehead atoms.